The van der Waals surface area contributed by atoms with Crippen LogP contribution in [-0.4, -0.2) is 29.6 Å². The highest BCUT2D eigenvalue weighted by atomic mass is 28.2. The third kappa shape index (κ3) is 6.14. The van der Waals surface area contributed by atoms with Gasteiger partial charge in [-0.3, -0.25) is 0 Å². The van der Waals surface area contributed by atoms with Gasteiger partial charge in [0.2, 0.25) is 0 Å². The largest absolute Gasteiger partial charge is 0.422 e. The minimum Gasteiger partial charge on any atom is -0.422 e. The normalized spacial score (nSPS) is 11.2. The molecule has 0 saturated carbocycles. The van der Waals surface area contributed by atoms with E-state index in [2.05, 4.69) is 6.55 Å². The molecule has 0 heterocycles. The molecule has 0 rings (SSSR count). The number of hydrogen-bond donors (Lipinski definition) is 0. The van der Waals surface area contributed by atoms with Crippen LogP contribution in [0.5, 0.6) is 0 Å². The second kappa shape index (κ2) is 7.14. The van der Waals surface area contributed by atoms with Gasteiger partial charge in [-0.1, -0.05) is 6.55 Å². The smallest absolute Gasteiger partial charge is 0.158 e. The maximum Gasteiger partial charge on any atom is 0.158 e. The SMILES string of the molecule is CCOCCO[SiH2]C. The molecule has 0 bridgehead atoms. The van der Waals surface area contributed by atoms with Gasteiger partial charge in [0.05, 0.1) is 13.2 Å². The Labute approximate surface area is 53.1 Å². The number of hydrogen-bond acceptors (Lipinski definition) is 2. The van der Waals surface area contributed by atoms with Gasteiger partial charge in [-0.2, -0.15) is 0 Å². The maximum atomic E-state index is 5.15. The summed E-state index contributed by atoms with van der Waals surface area (Å²) in [6.45, 7) is 6.46. The predicted molar refractivity (Wildman–Crippen MR) is 36.9 cm³/mol. The first-order valence-corrected chi connectivity index (χ1v) is 5.06. The molecule has 0 aliphatic carbocycles. The van der Waals surface area contributed by atoms with Gasteiger partial charge in [-0.05, 0) is 6.92 Å². The summed E-state index contributed by atoms with van der Waals surface area (Å²) >= 11 is 0. The summed E-state index contributed by atoms with van der Waals surface area (Å²) in [5.41, 5.74) is 0. The fourth-order valence-electron chi connectivity index (χ4n) is 0.407. The van der Waals surface area contributed by atoms with Crippen molar-refractivity contribution in [2.45, 2.75) is 13.5 Å². The van der Waals surface area contributed by atoms with Crippen LogP contribution in [-0.2, 0) is 9.16 Å². The van der Waals surface area contributed by atoms with Gasteiger partial charge in [-0.25, -0.2) is 0 Å². The van der Waals surface area contributed by atoms with Crippen molar-refractivity contribution in [2.24, 2.45) is 0 Å². The van der Waals surface area contributed by atoms with E-state index in [0.717, 1.165) is 19.8 Å². The zero-order valence-electron chi connectivity index (χ0n) is 5.64. The van der Waals surface area contributed by atoms with Crippen molar-refractivity contribution in [1.82, 2.24) is 0 Å². The van der Waals surface area contributed by atoms with Crippen LogP contribution in [0.4, 0.5) is 0 Å². The van der Waals surface area contributed by atoms with E-state index >= 15 is 0 Å². The van der Waals surface area contributed by atoms with Crippen molar-refractivity contribution >= 4 is 9.76 Å². The summed E-state index contributed by atoms with van der Waals surface area (Å²) in [7, 11) is -0.194. The Hall–Kier alpha value is 0.137. The van der Waals surface area contributed by atoms with Crippen molar-refractivity contribution < 1.29 is 9.16 Å². The van der Waals surface area contributed by atoms with Gasteiger partial charge < -0.3 is 9.16 Å². The van der Waals surface area contributed by atoms with E-state index < -0.39 is 0 Å². The molecular formula is C5H14O2Si. The topological polar surface area (TPSA) is 18.5 Å². The van der Waals surface area contributed by atoms with Crippen LogP contribution in [0.3, 0.4) is 0 Å². The third-order valence-corrected chi connectivity index (χ3v) is 1.48. The number of rotatable bonds is 5. The maximum absolute atomic E-state index is 5.15. The van der Waals surface area contributed by atoms with E-state index in [1.54, 1.807) is 0 Å². The zero-order valence-corrected chi connectivity index (χ0v) is 7.06. The summed E-state index contributed by atoms with van der Waals surface area (Å²) in [6.07, 6.45) is 0. The Morgan fingerprint density at radius 2 is 2.12 bits per heavy atom. The lowest BCUT2D eigenvalue weighted by Gasteiger charge is -1.99. The van der Waals surface area contributed by atoms with Gasteiger partial charge in [0, 0.05) is 6.61 Å². The molecule has 0 spiro atoms. The third-order valence-electron chi connectivity index (χ3n) is 0.780. The first-order chi connectivity index (χ1) is 3.91. The Balaban J connectivity index is 2.53. The molecule has 0 amide bonds. The van der Waals surface area contributed by atoms with Crippen LogP contribution >= 0.6 is 0 Å². The molecule has 0 unspecified atom stereocenters. The highest BCUT2D eigenvalue weighted by Crippen LogP contribution is 1.74. The summed E-state index contributed by atoms with van der Waals surface area (Å²) < 4.78 is 10.2. The van der Waals surface area contributed by atoms with E-state index in [0.29, 0.717) is 0 Å². The zero-order chi connectivity index (χ0) is 6.24. The van der Waals surface area contributed by atoms with Gasteiger partial charge in [0.25, 0.3) is 0 Å². The summed E-state index contributed by atoms with van der Waals surface area (Å²) in [4.78, 5) is 0. The summed E-state index contributed by atoms with van der Waals surface area (Å²) in [5.74, 6) is 0. The summed E-state index contributed by atoms with van der Waals surface area (Å²) in [5, 5.41) is 0. The van der Waals surface area contributed by atoms with Crippen LogP contribution in [0.15, 0.2) is 0 Å². The lowest BCUT2D eigenvalue weighted by molar-refractivity contribution is 0.112. The molecule has 2 nitrogen and oxygen atoms in total. The molecule has 0 aromatic heterocycles. The molecule has 0 aromatic rings. The highest BCUT2D eigenvalue weighted by molar-refractivity contribution is 6.24. The monoisotopic (exact) mass is 134 g/mol. The molecular weight excluding hydrogens is 120 g/mol. The Morgan fingerprint density at radius 3 is 2.62 bits per heavy atom. The molecule has 0 aromatic carbocycles. The second-order valence-electron chi connectivity index (χ2n) is 1.39. The van der Waals surface area contributed by atoms with E-state index in [1.165, 1.54) is 0 Å². The van der Waals surface area contributed by atoms with Crippen molar-refractivity contribution in [2.75, 3.05) is 19.8 Å². The van der Waals surface area contributed by atoms with Crippen molar-refractivity contribution in [3.05, 3.63) is 0 Å². The molecule has 0 radical (unpaired) electrons. The Bertz CT molecular complexity index is 35.4. The lowest BCUT2D eigenvalue weighted by atomic mass is 10.8. The van der Waals surface area contributed by atoms with Crippen molar-refractivity contribution in [1.29, 1.82) is 0 Å². The van der Waals surface area contributed by atoms with E-state index in [-0.39, 0.29) is 9.76 Å². The van der Waals surface area contributed by atoms with E-state index in [9.17, 15) is 0 Å². The molecule has 0 N–H and O–H groups in total. The van der Waals surface area contributed by atoms with Crippen LogP contribution in [0.25, 0.3) is 0 Å². The van der Waals surface area contributed by atoms with Gasteiger partial charge in [0.1, 0.15) is 0 Å². The van der Waals surface area contributed by atoms with Gasteiger partial charge >= 0.3 is 0 Å². The van der Waals surface area contributed by atoms with Crippen LogP contribution in [0, 0.1) is 0 Å². The average Bonchev–Trinajstić information content (AvgIpc) is 1.81. The van der Waals surface area contributed by atoms with E-state index in [4.69, 9.17) is 9.16 Å². The molecule has 0 aliphatic rings. The molecule has 0 atom stereocenters. The fourth-order valence-corrected chi connectivity index (χ4v) is 0.813. The lowest BCUT2D eigenvalue weighted by Crippen LogP contribution is -2.04. The van der Waals surface area contributed by atoms with Crippen LogP contribution < -0.4 is 0 Å². The minimum absolute atomic E-state index is 0.194. The molecule has 0 saturated heterocycles. The van der Waals surface area contributed by atoms with Crippen LogP contribution in [0.2, 0.25) is 6.55 Å². The van der Waals surface area contributed by atoms with Gasteiger partial charge in [0.15, 0.2) is 9.76 Å². The molecule has 50 valence electrons. The Kier molecular flexibility index (Phi) is 7.26. The van der Waals surface area contributed by atoms with Crippen molar-refractivity contribution in [3.8, 4) is 0 Å². The standard InChI is InChI=1S/C5H14O2Si/c1-3-6-4-5-7-8-2/h3-5,8H2,1-2H3. The van der Waals surface area contributed by atoms with E-state index in [1.807, 2.05) is 6.92 Å². The quantitative estimate of drug-likeness (QED) is 0.394. The second-order valence-corrected chi connectivity index (χ2v) is 2.38. The molecule has 0 aliphatic heterocycles. The first kappa shape index (κ1) is 8.14. The van der Waals surface area contributed by atoms with Crippen molar-refractivity contribution in [3.63, 3.8) is 0 Å². The molecule has 0 fully saturated rings. The fraction of sp³-hybridized carbons (Fsp3) is 1.00. The van der Waals surface area contributed by atoms with Gasteiger partial charge in [-0.15, -0.1) is 0 Å². The highest BCUT2D eigenvalue weighted by Gasteiger charge is 1.81. The minimum atomic E-state index is -0.194. The summed E-state index contributed by atoms with van der Waals surface area (Å²) in [6, 6.07) is 0. The molecule has 3 heteroatoms. The first-order valence-electron chi connectivity index (χ1n) is 3.07. The molecule has 8 heavy (non-hydrogen) atoms. The van der Waals surface area contributed by atoms with Crippen LogP contribution in [0.1, 0.15) is 6.92 Å². The Morgan fingerprint density at radius 1 is 1.38 bits per heavy atom. The average molecular weight is 134 g/mol. The number of ether oxygens (including phenoxy) is 1. The predicted octanol–water partition coefficient (Wildman–Crippen LogP) is 0.171.